The zero-order chi connectivity index (χ0) is 27.9. The Morgan fingerprint density at radius 2 is 1.87 bits per heavy atom. The Labute approximate surface area is 224 Å². The van der Waals surface area contributed by atoms with Gasteiger partial charge in [-0.2, -0.15) is 13.2 Å². The van der Waals surface area contributed by atoms with Crippen molar-refractivity contribution in [2.75, 3.05) is 34.5 Å². The van der Waals surface area contributed by atoms with Crippen LogP contribution in [0.3, 0.4) is 0 Å². The number of carbonyl (C=O) groups is 1. The van der Waals surface area contributed by atoms with Crippen LogP contribution in [0.1, 0.15) is 41.2 Å². The molecule has 0 aliphatic carbocycles. The van der Waals surface area contributed by atoms with E-state index < -0.39 is 18.0 Å². The minimum absolute atomic E-state index is 0.192. The Bertz CT molecular complexity index is 1200. The minimum Gasteiger partial charge on any atom is -0.497 e. The number of alkyl halides is 3. The number of thiazole rings is 1. The summed E-state index contributed by atoms with van der Waals surface area (Å²) in [5.41, 5.74) is 1.16. The van der Waals surface area contributed by atoms with Gasteiger partial charge in [0.15, 0.2) is 6.29 Å². The van der Waals surface area contributed by atoms with Crippen LogP contribution in [0.5, 0.6) is 0 Å². The molecule has 0 saturated heterocycles. The van der Waals surface area contributed by atoms with Crippen molar-refractivity contribution in [3.63, 3.8) is 0 Å². The first-order valence-corrected chi connectivity index (χ1v) is 12.7. The molecule has 11 heteroatoms. The number of carbonyl (C=O) groups excluding carboxylic acids is 1. The maximum Gasteiger partial charge on any atom is 0.416 e. The van der Waals surface area contributed by atoms with E-state index in [2.05, 4.69) is 4.98 Å². The van der Waals surface area contributed by atoms with Crippen LogP contribution < -0.4 is 0 Å². The van der Waals surface area contributed by atoms with Gasteiger partial charge < -0.3 is 23.8 Å². The maximum atomic E-state index is 13.4. The molecule has 7 nitrogen and oxygen atoms in total. The number of methoxy groups -OCH3 is 3. The fourth-order valence-electron chi connectivity index (χ4n) is 3.81. The van der Waals surface area contributed by atoms with E-state index >= 15 is 0 Å². The molecule has 1 aliphatic heterocycles. The Morgan fingerprint density at radius 3 is 2.45 bits per heavy atom. The molecule has 0 saturated carbocycles. The van der Waals surface area contributed by atoms with Gasteiger partial charge in [-0.25, -0.2) is 4.98 Å². The predicted octanol–water partition coefficient (Wildman–Crippen LogP) is 6.19. The van der Waals surface area contributed by atoms with Crippen molar-refractivity contribution >= 4 is 17.2 Å². The number of ether oxygens (including phenoxy) is 4. The molecule has 1 aromatic heterocycles. The predicted molar refractivity (Wildman–Crippen MR) is 138 cm³/mol. The van der Waals surface area contributed by atoms with Gasteiger partial charge in [-0.05, 0) is 32.1 Å². The van der Waals surface area contributed by atoms with Gasteiger partial charge in [-0.15, -0.1) is 11.3 Å². The summed E-state index contributed by atoms with van der Waals surface area (Å²) in [6, 6.07) is 4.80. The van der Waals surface area contributed by atoms with Crippen molar-refractivity contribution in [3.8, 4) is 10.6 Å². The highest BCUT2D eigenvalue weighted by atomic mass is 32.1. The third-order valence-electron chi connectivity index (χ3n) is 5.91. The molecule has 38 heavy (non-hydrogen) atoms. The summed E-state index contributed by atoms with van der Waals surface area (Å²) < 4.78 is 60.3. The van der Waals surface area contributed by atoms with Crippen molar-refractivity contribution in [2.24, 2.45) is 0 Å². The molecule has 0 unspecified atom stereocenters. The van der Waals surface area contributed by atoms with E-state index in [1.807, 2.05) is 25.2 Å². The van der Waals surface area contributed by atoms with Crippen LogP contribution in [0.2, 0.25) is 0 Å². The fourth-order valence-corrected chi connectivity index (χ4v) is 4.88. The molecular weight excluding hydrogens is 521 g/mol. The van der Waals surface area contributed by atoms with Crippen molar-refractivity contribution < 1.29 is 36.9 Å². The number of benzene rings is 1. The Balaban J connectivity index is 1.80. The summed E-state index contributed by atoms with van der Waals surface area (Å²) >= 11 is 1.18. The van der Waals surface area contributed by atoms with E-state index in [4.69, 9.17) is 18.9 Å². The van der Waals surface area contributed by atoms with E-state index in [-0.39, 0.29) is 12.5 Å². The molecule has 1 aromatic carbocycles. The highest BCUT2D eigenvalue weighted by molar-refractivity contribution is 7.17. The van der Waals surface area contributed by atoms with Crippen LogP contribution in [0, 0.1) is 0 Å². The summed E-state index contributed by atoms with van der Waals surface area (Å²) in [6.07, 6.45) is 1.55. The molecule has 2 aromatic rings. The molecule has 0 radical (unpaired) electrons. The molecule has 1 amide bonds. The largest absolute Gasteiger partial charge is 0.497 e. The number of fused-ring (bicyclic) bond motifs is 1. The van der Waals surface area contributed by atoms with Crippen molar-refractivity contribution in [1.29, 1.82) is 0 Å². The molecule has 0 spiro atoms. The average molecular weight is 553 g/mol. The highest BCUT2D eigenvalue weighted by Gasteiger charge is 2.32. The molecule has 0 N–H and O–H groups in total. The lowest BCUT2D eigenvalue weighted by Crippen LogP contribution is -2.35. The van der Waals surface area contributed by atoms with Gasteiger partial charge in [-0.1, -0.05) is 24.3 Å². The zero-order valence-corrected chi connectivity index (χ0v) is 22.7. The van der Waals surface area contributed by atoms with E-state index in [0.717, 1.165) is 12.1 Å². The fraction of sp³-hybridized carbons (Fsp3) is 0.407. The van der Waals surface area contributed by atoms with E-state index in [1.54, 1.807) is 18.9 Å². The molecule has 0 atom stereocenters. The zero-order valence-electron chi connectivity index (χ0n) is 21.9. The second-order valence-corrected chi connectivity index (χ2v) is 9.30. The first kappa shape index (κ1) is 29.4. The standard InChI is InChI=1S/C27H31F3N2O5S/c1-6-7-20(12-13-22(34-3)17(2)37-16-23(35-4)36-5)32-15-14-21-24(26(32)33)38-25(31-21)18-8-10-19(11-9-18)27(28,29)30/h6-12,23H,13-16H2,1-5H3/b7-6-,20-12?,22-17-. The summed E-state index contributed by atoms with van der Waals surface area (Å²) in [7, 11) is 4.60. The van der Waals surface area contributed by atoms with E-state index in [9.17, 15) is 18.0 Å². The maximum absolute atomic E-state index is 13.4. The number of nitrogens with zero attached hydrogens (tertiary/aromatic N) is 2. The van der Waals surface area contributed by atoms with Gasteiger partial charge in [0.05, 0.1) is 18.4 Å². The monoisotopic (exact) mass is 552 g/mol. The van der Waals surface area contributed by atoms with Gasteiger partial charge in [0.25, 0.3) is 5.91 Å². The van der Waals surface area contributed by atoms with Gasteiger partial charge in [-0.3, -0.25) is 4.79 Å². The first-order chi connectivity index (χ1) is 18.1. The first-order valence-electron chi connectivity index (χ1n) is 11.9. The number of aromatic nitrogens is 1. The lowest BCUT2D eigenvalue weighted by Gasteiger charge is -2.27. The van der Waals surface area contributed by atoms with Crippen molar-refractivity contribution in [3.05, 3.63) is 75.8 Å². The number of rotatable bonds is 11. The number of amides is 1. The van der Waals surface area contributed by atoms with E-state index in [1.165, 1.54) is 37.7 Å². The molecule has 0 fully saturated rings. The van der Waals surface area contributed by atoms with Crippen LogP contribution in [0.4, 0.5) is 13.2 Å². The number of halogens is 3. The molecular formula is C27H31F3N2O5S. The van der Waals surface area contributed by atoms with E-state index in [0.29, 0.717) is 57.7 Å². The quantitative estimate of drug-likeness (QED) is 0.188. The lowest BCUT2D eigenvalue weighted by molar-refractivity contribution is -0.137. The van der Waals surface area contributed by atoms with Gasteiger partial charge >= 0.3 is 6.18 Å². The van der Waals surface area contributed by atoms with Crippen LogP contribution in [-0.4, -0.2) is 56.6 Å². The molecule has 1 aliphatic rings. The SMILES string of the molecule is C/C=C\C(=CC/C(OC)=C(\C)OCC(OC)OC)N1CCc2nc(-c3ccc(C(F)(F)F)cc3)sc2C1=O. The third-order valence-corrected chi connectivity index (χ3v) is 7.05. The summed E-state index contributed by atoms with van der Waals surface area (Å²) in [4.78, 5) is 20.1. The summed E-state index contributed by atoms with van der Waals surface area (Å²) in [6.45, 7) is 4.25. The van der Waals surface area contributed by atoms with Crippen molar-refractivity contribution in [2.45, 2.75) is 39.2 Å². The normalized spacial score (nSPS) is 15.2. The second-order valence-electron chi connectivity index (χ2n) is 8.31. The number of hydrogen-bond acceptors (Lipinski definition) is 7. The molecule has 0 bridgehead atoms. The average Bonchev–Trinajstić information content (AvgIpc) is 3.34. The van der Waals surface area contributed by atoms with Crippen LogP contribution >= 0.6 is 11.3 Å². The smallest absolute Gasteiger partial charge is 0.416 e. The van der Waals surface area contributed by atoms with Gasteiger partial charge in [0.1, 0.15) is 28.0 Å². The molecule has 2 heterocycles. The second kappa shape index (κ2) is 13.1. The molecule has 3 rings (SSSR count). The Kier molecular flexibility index (Phi) is 10.1. The Morgan fingerprint density at radius 1 is 1.18 bits per heavy atom. The minimum atomic E-state index is -4.41. The number of allylic oxidation sites excluding steroid dienone is 4. The summed E-state index contributed by atoms with van der Waals surface area (Å²) in [5.74, 6) is 0.953. The molecule has 206 valence electrons. The lowest BCUT2D eigenvalue weighted by atomic mass is 10.1. The third kappa shape index (κ3) is 7.03. The number of hydrogen-bond donors (Lipinski definition) is 0. The van der Waals surface area contributed by atoms with Gasteiger partial charge in [0.2, 0.25) is 0 Å². The van der Waals surface area contributed by atoms with Crippen molar-refractivity contribution in [1.82, 2.24) is 9.88 Å². The topological polar surface area (TPSA) is 70.1 Å². The Hall–Kier alpha value is -3.15. The van der Waals surface area contributed by atoms with Crippen LogP contribution in [0.15, 0.2) is 59.7 Å². The highest BCUT2D eigenvalue weighted by Crippen LogP contribution is 2.35. The van der Waals surface area contributed by atoms with Crippen LogP contribution in [0.25, 0.3) is 10.6 Å². The van der Waals surface area contributed by atoms with Gasteiger partial charge in [0, 0.05) is 44.9 Å². The summed E-state index contributed by atoms with van der Waals surface area (Å²) in [5, 5.41) is 0.512. The van der Waals surface area contributed by atoms with Crippen LogP contribution in [-0.2, 0) is 31.5 Å².